The molecule has 16 heavy (non-hydrogen) atoms. The number of pyridine rings is 1. The summed E-state index contributed by atoms with van der Waals surface area (Å²) in [6.45, 7) is 6.68. The molecule has 0 unspecified atom stereocenters. The summed E-state index contributed by atoms with van der Waals surface area (Å²) in [5.41, 5.74) is 2.88. The molecule has 1 aromatic heterocycles. The van der Waals surface area contributed by atoms with E-state index in [0.717, 1.165) is 12.3 Å². The number of hydrogen-bond acceptors (Lipinski definition) is 1. The van der Waals surface area contributed by atoms with E-state index in [1.165, 1.54) is 36.1 Å². The van der Waals surface area contributed by atoms with Gasteiger partial charge in [0.05, 0.1) is 0 Å². The Morgan fingerprint density at radius 3 is 2.69 bits per heavy atom. The van der Waals surface area contributed by atoms with Gasteiger partial charge in [0.1, 0.15) is 0 Å². The van der Waals surface area contributed by atoms with Gasteiger partial charge in [0, 0.05) is 11.6 Å². The summed E-state index contributed by atoms with van der Waals surface area (Å²) in [6.07, 6.45) is 9.65. The number of aromatic nitrogens is 1. The Morgan fingerprint density at radius 2 is 2.06 bits per heavy atom. The highest BCUT2D eigenvalue weighted by molar-refractivity contribution is 7.98. The smallest absolute Gasteiger partial charge is 0.194 e. The number of unbranched alkanes of at least 4 members (excludes halogenated alkanes) is 2. The molecule has 0 bridgehead atoms. The van der Waals surface area contributed by atoms with Crippen molar-refractivity contribution in [1.29, 1.82) is 0 Å². The quantitative estimate of drug-likeness (QED) is 0.517. The summed E-state index contributed by atoms with van der Waals surface area (Å²) >= 11 is 2.03. The van der Waals surface area contributed by atoms with Gasteiger partial charge in [0.2, 0.25) is 0 Å². The first-order valence-electron chi connectivity index (χ1n) is 6.34. The average molecular weight is 238 g/mol. The van der Waals surface area contributed by atoms with E-state index in [4.69, 9.17) is 0 Å². The highest BCUT2D eigenvalue weighted by atomic mass is 32.2. The average Bonchev–Trinajstić information content (AvgIpc) is 2.29. The zero-order valence-corrected chi connectivity index (χ0v) is 11.6. The van der Waals surface area contributed by atoms with E-state index in [1.807, 2.05) is 11.8 Å². The Hall–Kier alpha value is -0.500. The van der Waals surface area contributed by atoms with E-state index in [-0.39, 0.29) is 0 Å². The van der Waals surface area contributed by atoms with Gasteiger partial charge in [-0.3, -0.25) is 0 Å². The molecule has 0 amide bonds. The number of thioether (sulfide) groups is 1. The first-order chi connectivity index (χ1) is 7.77. The molecule has 1 nitrogen and oxygen atoms in total. The van der Waals surface area contributed by atoms with Crippen LogP contribution < -0.4 is 4.57 Å². The summed E-state index contributed by atoms with van der Waals surface area (Å²) < 4.78 is 2.30. The van der Waals surface area contributed by atoms with Crippen LogP contribution in [-0.2, 0) is 12.3 Å². The summed E-state index contributed by atoms with van der Waals surface area (Å²) in [5, 5.41) is 0. The topological polar surface area (TPSA) is 3.88 Å². The molecule has 1 aromatic rings. The van der Waals surface area contributed by atoms with Crippen LogP contribution in [0.4, 0.5) is 0 Å². The second-order valence-electron chi connectivity index (χ2n) is 4.27. The van der Waals surface area contributed by atoms with E-state index in [9.17, 15) is 0 Å². The van der Waals surface area contributed by atoms with Crippen LogP contribution >= 0.6 is 11.8 Å². The predicted octanol–water partition coefficient (Wildman–Crippen LogP) is 3.73. The fraction of sp³-hybridized carbons (Fsp3) is 0.643. The maximum absolute atomic E-state index is 2.30. The molecule has 90 valence electrons. The van der Waals surface area contributed by atoms with Crippen LogP contribution in [0.25, 0.3) is 0 Å². The zero-order valence-electron chi connectivity index (χ0n) is 10.8. The lowest BCUT2D eigenvalue weighted by atomic mass is 10.1. The van der Waals surface area contributed by atoms with E-state index in [0.29, 0.717) is 0 Å². The van der Waals surface area contributed by atoms with Gasteiger partial charge in [-0.05, 0) is 31.1 Å². The van der Waals surface area contributed by atoms with Crippen LogP contribution in [0.3, 0.4) is 0 Å². The SMILES string of the molecule is CCCCCSC[n+]1ccc(CC)c(C)c1. The van der Waals surface area contributed by atoms with Crippen LogP contribution in [0.15, 0.2) is 18.5 Å². The number of nitrogens with zero attached hydrogens (tertiary/aromatic N) is 1. The van der Waals surface area contributed by atoms with Gasteiger partial charge in [-0.15, -0.1) is 0 Å². The third-order valence-corrected chi connectivity index (χ3v) is 3.90. The van der Waals surface area contributed by atoms with Gasteiger partial charge in [0.25, 0.3) is 0 Å². The zero-order chi connectivity index (χ0) is 11.8. The molecule has 0 spiro atoms. The maximum Gasteiger partial charge on any atom is 0.194 e. The van der Waals surface area contributed by atoms with Crippen molar-refractivity contribution in [1.82, 2.24) is 0 Å². The van der Waals surface area contributed by atoms with Crippen molar-refractivity contribution in [2.24, 2.45) is 0 Å². The normalized spacial score (nSPS) is 10.7. The van der Waals surface area contributed by atoms with E-state index < -0.39 is 0 Å². The Bertz CT molecular complexity index is 310. The molecule has 0 aromatic carbocycles. The largest absolute Gasteiger partial charge is 0.195 e. The summed E-state index contributed by atoms with van der Waals surface area (Å²) in [5.74, 6) is 2.38. The first kappa shape index (κ1) is 13.6. The molecule has 0 atom stereocenters. The maximum atomic E-state index is 2.30. The number of aryl methyl sites for hydroxylation is 2. The van der Waals surface area contributed by atoms with E-state index >= 15 is 0 Å². The highest BCUT2D eigenvalue weighted by Crippen LogP contribution is 2.08. The Balaban J connectivity index is 2.34. The van der Waals surface area contributed by atoms with Crippen LogP contribution in [-0.4, -0.2) is 5.75 Å². The molecule has 0 aliphatic carbocycles. The van der Waals surface area contributed by atoms with E-state index in [2.05, 4.69) is 43.8 Å². The van der Waals surface area contributed by atoms with Gasteiger partial charge in [-0.1, -0.05) is 38.5 Å². The molecule has 2 heteroatoms. The molecular weight excluding hydrogens is 214 g/mol. The summed E-state index contributed by atoms with van der Waals surface area (Å²) in [6, 6.07) is 2.25. The van der Waals surface area contributed by atoms with Gasteiger partial charge >= 0.3 is 0 Å². The monoisotopic (exact) mass is 238 g/mol. The standard InChI is InChI=1S/C14H24NS/c1-4-6-7-10-16-12-15-9-8-14(5-2)13(3)11-15/h8-9,11H,4-7,10,12H2,1-3H3/q+1. The fourth-order valence-corrected chi connectivity index (χ4v) is 2.70. The van der Waals surface area contributed by atoms with E-state index in [1.54, 1.807) is 0 Å². The van der Waals surface area contributed by atoms with Crippen molar-refractivity contribution in [2.75, 3.05) is 5.75 Å². The molecular formula is C14H24NS+. The van der Waals surface area contributed by atoms with Crippen molar-refractivity contribution in [3.63, 3.8) is 0 Å². The number of hydrogen-bond donors (Lipinski definition) is 0. The molecule has 0 aliphatic rings. The lowest BCUT2D eigenvalue weighted by molar-refractivity contribution is -0.676. The Morgan fingerprint density at radius 1 is 1.25 bits per heavy atom. The molecule has 0 saturated carbocycles. The van der Waals surface area contributed by atoms with Crippen molar-refractivity contribution < 1.29 is 4.57 Å². The third-order valence-electron chi connectivity index (χ3n) is 2.85. The minimum atomic E-state index is 1.09. The number of rotatable bonds is 7. The lowest BCUT2D eigenvalue weighted by Gasteiger charge is -2.02. The predicted molar refractivity (Wildman–Crippen MR) is 72.7 cm³/mol. The second-order valence-corrected chi connectivity index (χ2v) is 5.34. The molecule has 1 rings (SSSR count). The molecule has 0 N–H and O–H groups in total. The van der Waals surface area contributed by atoms with Crippen molar-refractivity contribution in [3.8, 4) is 0 Å². The first-order valence-corrected chi connectivity index (χ1v) is 7.49. The van der Waals surface area contributed by atoms with Crippen molar-refractivity contribution in [3.05, 3.63) is 29.6 Å². The lowest BCUT2D eigenvalue weighted by Crippen LogP contribution is -2.32. The summed E-state index contributed by atoms with van der Waals surface area (Å²) in [7, 11) is 0. The van der Waals surface area contributed by atoms with Gasteiger partial charge in [-0.2, -0.15) is 4.57 Å². The van der Waals surface area contributed by atoms with Crippen LogP contribution in [0.5, 0.6) is 0 Å². The fourth-order valence-electron chi connectivity index (χ4n) is 1.79. The minimum absolute atomic E-state index is 1.09. The molecule has 0 radical (unpaired) electrons. The van der Waals surface area contributed by atoms with Gasteiger partial charge < -0.3 is 0 Å². The molecule has 0 fully saturated rings. The Kier molecular flexibility index (Phi) is 6.55. The molecule has 0 saturated heterocycles. The molecule has 1 heterocycles. The van der Waals surface area contributed by atoms with Gasteiger partial charge in [-0.25, -0.2) is 0 Å². The van der Waals surface area contributed by atoms with Crippen molar-refractivity contribution in [2.45, 2.75) is 52.3 Å². The van der Waals surface area contributed by atoms with Crippen molar-refractivity contribution >= 4 is 11.8 Å². The van der Waals surface area contributed by atoms with Crippen LogP contribution in [0.1, 0.15) is 44.2 Å². The van der Waals surface area contributed by atoms with Crippen LogP contribution in [0.2, 0.25) is 0 Å². The van der Waals surface area contributed by atoms with Gasteiger partial charge in [0.15, 0.2) is 18.3 Å². The minimum Gasteiger partial charge on any atom is -0.195 e. The second kappa shape index (κ2) is 7.72. The summed E-state index contributed by atoms with van der Waals surface area (Å²) in [4.78, 5) is 0. The van der Waals surface area contributed by atoms with Crippen LogP contribution in [0, 0.1) is 6.92 Å². The Labute approximate surface area is 104 Å². The molecule has 0 aliphatic heterocycles. The third kappa shape index (κ3) is 4.56. The highest BCUT2D eigenvalue weighted by Gasteiger charge is 2.04.